The molecule has 0 spiro atoms. The molecule has 3 aromatic heterocycles. The number of hydroxylamine groups is 2. The molecule has 186 valence electrons. The van der Waals surface area contributed by atoms with Gasteiger partial charge in [-0.3, -0.25) is 15.0 Å². The van der Waals surface area contributed by atoms with Crippen LogP contribution in [0.2, 0.25) is 0 Å². The van der Waals surface area contributed by atoms with Crippen LogP contribution >= 0.6 is 11.6 Å². The molecule has 1 atom stereocenters. The van der Waals surface area contributed by atoms with Gasteiger partial charge in [-0.05, 0) is 19.1 Å². The molecule has 4 heterocycles. The van der Waals surface area contributed by atoms with Gasteiger partial charge < -0.3 is 15.1 Å². The summed E-state index contributed by atoms with van der Waals surface area (Å²) >= 11 is 6.25. The van der Waals surface area contributed by atoms with Crippen LogP contribution in [0, 0.1) is 23.8 Å². The molecule has 1 aliphatic heterocycles. The van der Waals surface area contributed by atoms with E-state index in [9.17, 15) is 23.9 Å². The molecule has 0 saturated carbocycles. The topological polar surface area (TPSA) is 108 Å². The summed E-state index contributed by atoms with van der Waals surface area (Å²) in [5, 5.41) is 22.7. The van der Waals surface area contributed by atoms with E-state index in [1.165, 1.54) is 25.3 Å². The van der Waals surface area contributed by atoms with E-state index in [1.54, 1.807) is 25.1 Å². The number of quaternary nitrogens is 1. The van der Waals surface area contributed by atoms with Crippen LogP contribution in [0.4, 0.5) is 14.5 Å². The minimum absolute atomic E-state index is 0.0502. The number of aromatic nitrogens is 3. The lowest BCUT2D eigenvalue weighted by Gasteiger charge is -2.41. The highest BCUT2D eigenvalue weighted by Gasteiger charge is 2.42. The molecule has 0 saturated heterocycles. The second-order valence-corrected chi connectivity index (χ2v) is 8.47. The van der Waals surface area contributed by atoms with Crippen molar-refractivity contribution in [3.63, 3.8) is 0 Å². The normalized spacial score (nSPS) is 17.9. The van der Waals surface area contributed by atoms with Crippen molar-refractivity contribution in [3.8, 4) is 11.4 Å². The number of nitrogens with zero attached hydrogens (tertiary/aromatic N) is 4. The Morgan fingerprint density at radius 2 is 1.92 bits per heavy atom. The third-order valence-electron chi connectivity index (χ3n) is 5.63. The zero-order valence-electron chi connectivity index (χ0n) is 19.3. The van der Waals surface area contributed by atoms with Gasteiger partial charge in [0, 0.05) is 55.6 Å². The average Bonchev–Trinajstić information content (AvgIpc) is 2.85. The number of aliphatic hydroxyl groups is 1. The van der Waals surface area contributed by atoms with Crippen molar-refractivity contribution >= 4 is 23.2 Å². The van der Waals surface area contributed by atoms with Crippen molar-refractivity contribution in [1.82, 2.24) is 19.6 Å². The van der Waals surface area contributed by atoms with Crippen LogP contribution in [-0.4, -0.2) is 32.6 Å². The van der Waals surface area contributed by atoms with Gasteiger partial charge in [-0.1, -0.05) is 17.7 Å². The number of carbonyl (C=O) groups excluding carboxylic acids is 1. The Bertz CT molecular complexity index is 1410. The Balaban J connectivity index is 1.67. The number of aliphatic hydroxyl groups excluding tert-OH is 1. The monoisotopic (exact) mass is 514 g/mol. The van der Waals surface area contributed by atoms with Crippen LogP contribution in [0.15, 0.2) is 65.3 Å². The van der Waals surface area contributed by atoms with Gasteiger partial charge in [0.2, 0.25) is 0 Å². The SMILES string of the molecule is CC1=CC(OCc2ncc(F)cc2F)=C(Cl)C(=O)[N+]1([O-])c1cc(-c2cccc(CCO)n2)ncc1C. The lowest BCUT2D eigenvalue weighted by atomic mass is 10.1. The fourth-order valence-electron chi connectivity index (χ4n) is 3.72. The third-order valence-corrected chi connectivity index (χ3v) is 5.97. The van der Waals surface area contributed by atoms with Crippen LogP contribution in [-0.2, 0) is 22.6 Å². The van der Waals surface area contributed by atoms with Crippen LogP contribution < -0.4 is 4.65 Å². The van der Waals surface area contributed by atoms with Gasteiger partial charge in [-0.25, -0.2) is 18.2 Å². The minimum Gasteiger partial charge on any atom is -0.614 e. The zero-order valence-corrected chi connectivity index (χ0v) is 20.1. The first-order chi connectivity index (χ1) is 17.1. The highest BCUT2D eigenvalue weighted by Crippen LogP contribution is 2.39. The van der Waals surface area contributed by atoms with Crippen molar-refractivity contribution in [1.29, 1.82) is 0 Å². The van der Waals surface area contributed by atoms with Gasteiger partial charge in [-0.15, -0.1) is 0 Å². The highest BCUT2D eigenvalue weighted by molar-refractivity contribution is 6.44. The number of carbonyl (C=O) groups is 1. The molecule has 0 fully saturated rings. The molecule has 0 aliphatic carbocycles. The number of allylic oxidation sites excluding steroid dienone is 2. The van der Waals surface area contributed by atoms with E-state index < -0.39 is 33.8 Å². The molecule has 0 aromatic carbocycles. The van der Waals surface area contributed by atoms with Crippen molar-refractivity contribution < 1.29 is 23.4 Å². The number of ether oxygens (including phenoxy) is 1. The molecule has 1 N–H and O–H groups in total. The summed E-state index contributed by atoms with van der Waals surface area (Å²) in [4.78, 5) is 25.7. The van der Waals surface area contributed by atoms with Crippen LogP contribution in [0.1, 0.15) is 23.9 Å². The van der Waals surface area contributed by atoms with Gasteiger partial charge in [0.05, 0.1) is 17.6 Å². The number of hydrogen-bond acceptors (Lipinski definition) is 7. The predicted octanol–water partition coefficient (Wildman–Crippen LogP) is 4.58. The molecule has 0 bridgehead atoms. The number of pyridine rings is 3. The van der Waals surface area contributed by atoms with Gasteiger partial charge in [0.25, 0.3) is 0 Å². The summed E-state index contributed by atoms with van der Waals surface area (Å²) in [5.74, 6) is -2.88. The van der Waals surface area contributed by atoms with E-state index >= 15 is 0 Å². The first-order valence-electron chi connectivity index (χ1n) is 10.9. The maximum Gasteiger partial charge on any atom is 0.370 e. The smallest absolute Gasteiger partial charge is 0.370 e. The fourth-order valence-corrected chi connectivity index (χ4v) is 3.94. The molecule has 1 amide bonds. The molecule has 8 nitrogen and oxygen atoms in total. The maximum atomic E-state index is 14.0. The molecular weight excluding hydrogens is 494 g/mol. The highest BCUT2D eigenvalue weighted by atomic mass is 35.5. The molecule has 3 aromatic rings. The van der Waals surface area contributed by atoms with E-state index in [4.69, 9.17) is 16.3 Å². The van der Waals surface area contributed by atoms with Crippen molar-refractivity contribution in [2.24, 2.45) is 0 Å². The van der Waals surface area contributed by atoms with Crippen LogP contribution in [0.25, 0.3) is 11.4 Å². The lowest BCUT2D eigenvalue weighted by molar-refractivity contribution is -0.122. The Morgan fingerprint density at radius 3 is 2.64 bits per heavy atom. The quantitative estimate of drug-likeness (QED) is 0.363. The zero-order chi connectivity index (χ0) is 26.0. The number of hydrogen-bond donors (Lipinski definition) is 1. The minimum atomic E-state index is -1.51. The number of halogens is 3. The van der Waals surface area contributed by atoms with Crippen LogP contribution in [0.3, 0.4) is 0 Å². The van der Waals surface area contributed by atoms with Gasteiger partial charge in [-0.2, -0.15) is 0 Å². The van der Waals surface area contributed by atoms with Gasteiger partial charge in [0.15, 0.2) is 22.3 Å². The number of amides is 1. The summed E-state index contributed by atoms with van der Waals surface area (Å²) in [5.41, 5.74) is 1.89. The number of rotatable bonds is 7. The van der Waals surface area contributed by atoms with Crippen molar-refractivity contribution in [2.75, 3.05) is 6.61 Å². The summed E-state index contributed by atoms with van der Waals surface area (Å²) in [6.45, 7) is 2.60. The van der Waals surface area contributed by atoms with E-state index in [-0.39, 0.29) is 29.4 Å². The predicted molar refractivity (Wildman–Crippen MR) is 129 cm³/mol. The molecule has 4 rings (SSSR count). The first kappa shape index (κ1) is 25.5. The van der Waals surface area contributed by atoms with Gasteiger partial charge >= 0.3 is 5.91 Å². The van der Waals surface area contributed by atoms with Crippen molar-refractivity contribution in [2.45, 2.75) is 26.9 Å². The standard InChI is InChI=1S/C25H21ClF2N4O4/c1-14-11-29-20(19-5-3-4-17(31-19)6-7-33)10-22(14)32(35)15(2)8-23(24(26)25(32)34)36-13-21-18(28)9-16(27)12-30-21/h3-5,8-12,33H,6-7,13H2,1-2H3. The molecule has 1 unspecified atom stereocenters. The maximum absolute atomic E-state index is 14.0. The average molecular weight is 515 g/mol. The summed E-state index contributed by atoms with van der Waals surface area (Å²) in [7, 11) is 0. The van der Waals surface area contributed by atoms with Crippen molar-refractivity contribution in [3.05, 3.63) is 99.1 Å². The molecule has 36 heavy (non-hydrogen) atoms. The first-order valence-corrected chi connectivity index (χ1v) is 11.2. The summed E-state index contributed by atoms with van der Waals surface area (Å²) in [6, 6.07) is 7.37. The summed E-state index contributed by atoms with van der Waals surface area (Å²) in [6.07, 6.45) is 3.96. The molecule has 1 aliphatic rings. The molecule has 11 heteroatoms. The Labute approximate surface area is 210 Å². The molecule has 0 radical (unpaired) electrons. The Hall–Kier alpha value is -3.57. The van der Waals surface area contributed by atoms with E-state index in [2.05, 4.69) is 15.0 Å². The second kappa shape index (κ2) is 10.2. The van der Waals surface area contributed by atoms with Crippen LogP contribution in [0.5, 0.6) is 0 Å². The van der Waals surface area contributed by atoms with E-state index in [0.29, 0.717) is 35.1 Å². The summed E-state index contributed by atoms with van der Waals surface area (Å²) < 4.78 is 31.0. The van der Waals surface area contributed by atoms with E-state index in [0.717, 1.165) is 6.20 Å². The second-order valence-electron chi connectivity index (χ2n) is 8.09. The number of aryl methyl sites for hydroxylation is 1. The fraction of sp³-hybridized carbons (Fsp3) is 0.200. The third kappa shape index (κ3) is 4.76. The van der Waals surface area contributed by atoms with Gasteiger partial charge in [0.1, 0.15) is 23.8 Å². The largest absolute Gasteiger partial charge is 0.614 e. The molecular formula is C25H21ClF2N4O4. The Kier molecular flexibility index (Phi) is 7.23. The lowest BCUT2D eigenvalue weighted by Crippen LogP contribution is -2.49. The van der Waals surface area contributed by atoms with E-state index in [1.807, 2.05) is 0 Å². The Morgan fingerprint density at radius 1 is 1.14 bits per heavy atom.